The van der Waals surface area contributed by atoms with Gasteiger partial charge >= 0.3 is 23.9 Å². The first-order chi connectivity index (χ1) is 24.2. The van der Waals surface area contributed by atoms with Gasteiger partial charge in [0.15, 0.2) is 40.6 Å². The zero-order chi connectivity index (χ0) is 36.9. The molecule has 2 aliphatic heterocycles. The van der Waals surface area contributed by atoms with Crippen LogP contribution in [-0.2, 0) is 42.9 Å². The number of fused-ring (bicyclic) bond motifs is 2. The minimum Gasteiger partial charge on any atom is -0.504 e. The molecule has 16 heteroatoms. The number of phenolic OH excluding ortho intramolecular Hbond substituents is 6. The molecule has 2 fully saturated rings. The summed E-state index contributed by atoms with van der Waals surface area (Å²) in [6, 6.07) is 11.3. The Morgan fingerprint density at radius 2 is 1.10 bits per heavy atom. The van der Waals surface area contributed by atoms with E-state index in [0.717, 1.165) is 18.2 Å². The van der Waals surface area contributed by atoms with Crippen LogP contribution < -0.4 is 0 Å². The van der Waals surface area contributed by atoms with Crippen LogP contribution in [0, 0.1) is 0 Å². The molecule has 2 heterocycles. The summed E-state index contributed by atoms with van der Waals surface area (Å²) in [7, 11) is 0. The van der Waals surface area contributed by atoms with E-state index in [2.05, 4.69) is 0 Å². The summed E-state index contributed by atoms with van der Waals surface area (Å²) < 4.78 is 27.8. The number of ether oxygens (including phenoxy) is 5. The number of hydrogen-bond acceptors (Lipinski definition) is 15. The monoisotopic (exact) mass is 706 g/mol. The number of hydrogen-bond donors (Lipinski definition) is 7. The average molecular weight is 707 g/mol. The third-order valence-electron chi connectivity index (χ3n) is 7.66. The normalized spacial score (nSPS) is 22.7. The molecule has 16 nitrogen and oxygen atoms in total. The lowest BCUT2D eigenvalue weighted by Crippen LogP contribution is -2.56. The fourth-order valence-corrected chi connectivity index (χ4v) is 5.17. The van der Waals surface area contributed by atoms with Crippen molar-refractivity contribution in [2.24, 2.45) is 0 Å². The molecule has 0 aliphatic carbocycles. The SMILES string of the molecule is O=C(/C=C/c1ccc(O)c(O)c1)OC[C@@H]1O[C@]2(C(=O)O)C[C@H](OC(=O)/C=C/c3ccc(O)c(O)c3)[C@@H](OC(=O)/C=C/c3ccc(O)c(O)c3)[C@@H]1O2. The summed E-state index contributed by atoms with van der Waals surface area (Å²) in [4.78, 5) is 50.9. The lowest BCUT2D eigenvalue weighted by atomic mass is 9.95. The van der Waals surface area contributed by atoms with Crippen molar-refractivity contribution in [3.63, 3.8) is 0 Å². The quantitative estimate of drug-likeness (QED) is 0.0655. The molecule has 3 aromatic carbocycles. The highest BCUT2D eigenvalue weighted by molar-refractivity contribution is 5.89. The van der Waals surface area contributed by atoms with Gasteiger partial charge in [0.1, 0.15) is 24.9 Å². The van der Waals surface area contributed by atoms with Gasteiger partial charge in [0.2, 0.25) is 0 Å². The van der Waals surface area contributed by atoms with Gasteiger partial charge in [0.05, 0.1) is 6.42 Å². The van der Waals surface area contributed by atoms with E-state index < -0.39 is 84.4 Å². The molecule has 5 rings (SSSR count). The number of carboxylic acid groups (broad SMARTS) is 1. The number of phenols is 6. The van der Waals surface area contributed by atoms with Gasteiger partial charge in [0, 0.05) is 18.2 Å². The Bertz CT molecular complexity index is 1930. The topological polar surface area (TPSA) is 256 Å². The van der Waals surface area contributed by atoms with E-state index in [4.69, 9.17) is 23.7 Å². The molecule has 5 atom stereocenters. The summed E-state index contributed by atoms with van der Waals surface area (Å²) in [6.07, 6.45) is 0.192. The number of aliphatic carboxylic acids is 1. The number of carbonyl (C=O) groups is 4. The first-order valence-electron chi connectivity index (χ1n) is 15.0. The zero-order valence-electron chi connectivity index (χ0n) is 26.2. The van der Waals surface area contributed by atoms with Crippen molar-refractivity contribution in [1.82, 2.24) is 0 Å². The molecule has 0 saturated carbocycles. The molecule has 2 bridgehead atoms. The predicted octanol–water partition coefficient (Wildman–Crippen LogP) is 2.70. The maximum atomic E-state index is 13.0. The van der Waals surface area contributed by atoms with Gasteiger partial charge in [-0.3, -0.25) is 0 Å². The van der Waals surface area contributed by atoms with Gasteiger partial charge in [0.25, 0.3) is 5.79 Å². The number of carbonyl (C=O) groups excluding carboxylic acids is 3. The second-order valence-corrected chi connectivity index (χ2v) is 11.3. The summed E-state index contributed by atoms with van der Waals surface area (Å²) in [5, 5.41) is 67.7. The van der Waals surface area contributed by atoms with Crippen LogP contribution in [0.25, 0.3) is 18.2 Å². The molecule has 0 spiro atoms. The average Bonchev–Trinajstić information content (AvgIpc) is 3.41. The minimum atomic E-state index is -2.40. The van der Waals surface area contributed by atoms with E-state index in [1.165, 1.54) is 72.8 Å². The minimum absolute atomic E-state index is 0.296. The fourth-order valence-electron chi connectivity index (χ4n) is 5.17. The molecule has 0 radical (unpaired) electrons. The van der Waals surface area contributed by atoms with Crippen LogP contribution in [0.5, 0.6) is 34.5 Å². The molecule has 51 heavy (non-hydrogen) atoms. The van der Waals surface area contributed by atoms with Crippen molar-refractivity contribution in [3.8, 4) is 34.5 Å². The van der Waals surface area contributed by atoms with Crippen molar-refractivity contribution in [3.05, 3.63) is 89.5 Å². The Labute approximate surface area is 287 Å². The third kappa shape index (κ3) is 8.56. The Kier molecular flexibility index (Phi) is 10.5. The number of rotatable bonds is 11. The van der Waals surface area contributed by atoms with Crippen molar-refractivity contribution in [2.75, 3.05) is 6.61 Å². The first kappa shape index (κ1) is 35.8. The summed E-state index contributed by atoms with van der Waals surface area (Å²) >= 11 is 0. The maximum Gasteiger partial charge on any atom is 0.364 e. The Hall–Kier alpha value is -6.52. The van der Waals surface area contributed by atoms with Gasteiger partial charge < -0.3 is 59.4 Å². The highest BCUT2D eigenvalue weighted by atomic mass is 16.8. The van der Waals surface area contributed by atoms with Crippen LogP contribution in [-0.4, -0.2) is 96.4 Å². The van der Waals surface area contributed by atoms with Crippen LogP contribution in [0.3, 0.4) is 0 Å². The second-order valence-electron chi connectivity index (χ2n) is 11.3. The lowest BCUT2D eigenvalue weighted by molar-refractivity contribution is -0.250. The van der Waals surface area contributed by atoms with Crippen LogP contribution >= 0.6 is 0 Å². The first-order valence-corrected chi connectivity index (χ1v) is 15.0. The van der Waals surface area contributed by atoms with Crippen molar-refractivity contribution < 1.29 is 78.6 Å². The van der Waals surface area contributed by atoms with E-state index in [-0.39, 0.29) is 17.2 Å². The van der Waals surface area contributed by atoms with Crippen molar-refractivity contribution >= 4 is 42.1 Å². The molecule has 0 unspecified atom stereocenters. The van der Waals surface area contributed by atoms with Gasteiger partial charge in [-0.05, 0) is 71.3 Å². The molecule has 2 saturated heterocycles. The second kappa shape index (κ2) is 14.9. The van der Waals surface area contributed by atoms with Gasteiger partial charge in [-0.25, -0.2) is 19.2 Å². The number of esters is 3. The van der Waals surface area contributed by atoms with Crippen LogP contribution in [0.1, 0.15) is 23.1 Å². The lowest BCUT2D eigenvalue weighted by Gasteiger charge is -2.37. The Morgan fingerprint density at radius 3 is 1.55 bits per heavy atom. The molecule has 0 amide bonds. The van der Waals surface area contributed by atoms with E-state index in [9.17, 15) is 54.9 Å². The van der Waals surface area contributed by atoms with Crippen LogP contribution in [0.15, 0.2) is 72.8 Å². The summed E-state index contributed by atoms with van der Waals surface area (Å²) in [5.74, 6) is -9.42. The van der Waals surface area contributed by atoms with Gasteiger partial charge in [-0.1, -0.05) is 18.2 Å². The van der Waals surface area contributed by atoms with Crippen molar-refractivity contribution in [2.45, 2.75) is 36.6 Å². The largest absolute Gasteiger partial charge is 0.504 e. The number of carboxylic acids is 1. The number of benzene rings is 3. The molecule has 3 aromatic rings. The van der Waals surface area contributed by atoms with E-state index in [0.29, 0.717) is 16.7 Å². The van der Waals surface area contributed by atoms with E-state index in [1.807, 2.05) is 0 Å². The molecule has 266 valence electrons. The Balaban J connectivity index is 1.36. The smallest absolute Gasteiger partial charge is 0.364 e. The van der Waals surface area contributed by atoms with Crippen LogP contribution in [0.4, 0.5) is 0 Å². The predicted molar refractivity (Wildman–Crippen MR) is 172 cm³/mol. The molecule has 7 N–H and O–H groups in total. The van der Waals surface area contributed by atoms with Crippen molar-refractivity contribution in [1.29, 1.82) is 0 Å². The fraction of sp³-hybridized carbons (Fsp3) is 0.200. The van der Waals surface area contributed by atoms with E-state index >= 15 is 0 Å². The molecule has 0 aromatic heterocycles. The highest BCUT2D eigenvalue weighted by Gasteiger charge is 2.64. The number of aromatic hydroxyl groups is 6. The third-order valence-corrected chi connectivity index (χ3v) is 7.66. The zero-order valence-corrected chi connectivity index (χ0v) is 26.2. The summed E-state index contributed by atoms with van der Waals surface area (Å²) in [5.41, 5.74) is 0.933. The molecular weight excluding hydrogens is 676 g/mol. The maximum absolute atomic E-state index is 13.0. The highest BCUT2D eigenvalue weighted by Crippen LogP contribution is 2.43. The van der Waals surface area contributed by atoms with Gasteiger partial charge in [-0.15, -0.1) is 0 Å². The Morgan fingerprint density at radius 1 is 0.647 bits per heavy atom. The van der Waals surface area contributed by atoms with E-state index in [1.54, 1.807) is 0 Å². The van der Waals surface area contributed by atoms with Crippen LogP contribution in [0.2, 0.25) is 0 Å². The molecular formula is C35H30O16. The summed E-state index contributed by atoms with van der Waals surface area (Å²) in [6.45, 7) is -0.606. The van der Waals surface area contributed by atoms with Gasteiger partial charge in [-0.2, -0.15) is 0 Å². The molecule has 2 aliphatic rings. The standard InChI is InChI=1S/C35H30O16/c36-21-7-1-18(13-24(21)39)4-10-29(42)47-17-28-33-32(49-31(44)12-6-20-3-9-23(38)26(41)15-20)27(16-35(50-28,51-33)34(45)46)48-30(43)11-5-19-2-8-22(37)25(40)14-19/h1-15,27-28,32-33,36-41H,16-17H2,(H,45,46)/b10-4+,11-5+,12-6+/t27-,28-,32+,33+,35+/m0/s1.